The highest BCUT2D eigenvalue weighted by molar-refractivity contribution is 6.30. The summed E-state index contributed by atoms with van der Waals surface area (Å²) in [5.41, 5.74) is 11.3. The van der Waals surface area contributed by atoms with E-state index in [-0.39, 0.29) is 5.02 Å². The molecule has 0 aromatic heterocycles. The van der Waals surface area contributed by atoms with Crippen LogP contribution in [-0.4, -0.2) is 11.7 Å². The molecule has 14 heavy (non-hydrogen) atoms. The molecular formula is C9H12ClFN2O. The lowest BCUT2D eigenvalue weighted by atomic mass is 10.0. The first kappa shape index (κ1) is 11.2. The zero-order valence-corrected chi connectivity index (χ0v) is 8.26. The fraction of sp³-hybridized carbons (Fsp3) is 0.333. The van der Waals surface area contributed by atoms with Crippen molar-refractivity contribution in [1.82, 2.24) is 0 Å². The van der Waals surface area contributed by atoms with Gasteiger partial charge in [0.1, 0.15) is 0 Å². The molecule has 0 unspecified atom stereocenters. The Balaban J connectivity index is 3.07. The minimum absolute atomic E-state index is 0.211. The number of benzene rings is 1. The third-order valence-electron chi connectivity index (χ3n) is 1.93. The molecule has 5 heteroatoms. The number of nitrogens with two attached hydrogens (primary N) is 2. The summed E-state index contributed by atoms with van der Waals surface area (Å²) in [5.74, 6) is -1.21. The van der Waals surface area contributed by atoms with E-state index in [0.29, 0.717) is 18.5 Å². The van der Waals surface area contributed by atoms with Gasteiger partial charge in [-0.1, -0.05) is 11.6 Å². The van der Waals surface area contributed by atoms with Gasteiger partial charge in [-0.3, -0.25) is 0 Å². The minimum atomic E-state index is -0.764. The van der Waals surface area contributed by atoms with E-state index >= 15 is 0 Å². The molecule has 0 aliphatic carbocycles. The second-order valence-electron chi connectivity index (χ2n) is 3.01. The standard InChI is InChI=1S/C9H12ClFN2O/c10-5-3-6(8(13)1-2-12)9(14)7(11)4-5/h3-4,8,14H,1-2,12-13H2/t8-/m0/s1. The van der Waals surface area contributed by atoms with E-state index in [1.807, 2.05) is 0 Å². The lowest BCUT2D eigenvalue weighted by Crippen LogP contribution is -2.15. The number of rotatable bonds is 3. The quantitative estimate of drug-likeness (QED) is 0.721. The molecule has 0 saturated carbocycles. The molecule has 1 aromatic rings. The summed E-state index contributed by atoms with van der Waals surface area (Å²) < 4.78 is 13.0. The molecule has 1 atom stereocenters. The minimum Gasteiger partial charge on any atom is -0.505 e. The summed E-state index contributed by atoms with van der Waals surface area (Å²) in [4.78, 5) is 0. The second-order valence-corrected chi connectivity index (χ2v) is 3.45. The number of phenols is 1. The van der Waals surface area contributed by atoms with Crippen molar-refractivity contribution in [2.75, 3.05) is 6.54 Å². The van der Waals surface area contributed by atoms with Gasteiger partial charge in [-0.05, 0) is 25.1 Å². The van der Waals surface area contributed by atoms with Crippen LogP contribution >= 0.6 is 11.6 Å². The molecule has 0 amide bonds. The Morgan fingerprint density at radius 2 is 2.14 bits per heavy atom. The molecule has 1 aromatic carbocycles. The van der Waals surface area contributed by atoms with Crippen molar-refractivity contribution >= 4 is 11.6 Å². The van der Waals surface area contributed by atoms with E-state index in [1.165, 1.54) is 6.07 Å². The maximum atomic E-state index is 13.0. The number of halogens is 2. The largest absolute Gasteiger partial charge is 0.505 e. The molecule has 0 spiro atoms. The zero-order valence-electron chi connectivity index (χ0n) is 7.50. The highest BCUT2D eigenvalue weighted by Crippen LogP contribution is 2.30. The molecule has 1 rings (SSSR count). The molecule has 0 aliphatic rings. The number of phenolic OH excluding ortho intramolecular Hbond substituents is 1. The Morgan fingerprint density at radius 1 is 1.50 bits per heavy atom. The molecule has 78 valence electrons. The van der Waals surface area contributed by atoms with Gasteiger partial charge in [0.15, 0.2) is 11.6 Å². The molecule has 0 saturated heterocycles. The van der Waals surface area contributed by atoms with E-state index in [2.05, 4.69) is 0 Å². The molecule has 0 radical (unpaired) electrons. The maximum Gasteiger partial charge on any atom is 0.166 e. The van der Waals surface area contributed by atoms with Crippen LogP contribution in [0.25, 0.3) is 0 Å². The van der Waals surface area contributed by atoms with Crippen LogP contribution in [0.15, 0.2) is 12.1 Å². The lowest BCUT2D eigenvalue weighted by Gasteiger charge is -2.13. The van der Waals surface area contributed by atoms with E-state index in [0.717, 1.165) is 6.07 Å². The van der Waals surface area contributed by atoms with E-state index in [1.54, 1.807) is 0 Å². The second kappa shape index (κ2) is 4.59. The first-order chi connectivity index (χ1) is 6.56. The van der Waals surface area contributed by atoms with Crippen LogP contribution in [0.5, 0.6) is 5.75 Å². The van der Waals surface area contributed by atoms with Gasteiger partial charge in [-0.15, -0.1) is 0 Å². The van der Waals surface area contributed by atoms with Crippen LogP contribution in [-0.2, 0) is 0 Å². The maximum absolute atomic E-state index is 13.0. The van der Waals surface area contributed by atoms with Gasteiger partial charge in [-0.2, -0.15) is 0 Å². The normalized spacial score (nSPS) is 12.9. The van der Waals surface area contributed by atoms with E-state index in [4.69, 9.17) is 23.1 Å². The fourth-order valence-electron chi connectivity index (χ4n) is 1.20. The lowest BCUT2D eigenvalue weighted by molar-refractivity contribution is 0.419. The summed E-state index contributed by atoms with van der Waals surface area (Å²) in [6.07, 6.45) is 0.466. The van der Waals surface area contributed by atoms with Crippen LogP contribution in [0.2, 0.25) is 5.02 Å². The highest BCUT2D eigenvalue weighted by Gasteiger charge is 2.14. The number of hydrogen-bond acceptors (Lipinski definition) is 3. The number of hydrogen-bond donors (Lipinski definition) is 3. The molecule has 0 fully saturated rings. The van der Waals surface area contributed by atoms with Crippen LogP contribution in [0.3, 0.4) is 0 Å². The first-order valence-corrected chi connectivity index (χ1v) is 4.57. The Labute approximate surface area is 86.5 Å². The Hall–Kier alpha value is -0.840. The zero-order chi connectivity index (χ0) is 10.7. The van der Waals surface area contributed by atoms with Gasteiger partial charge < -0.3 is 16.6 Å². The van der Waals surface area contributed by atoms with Gasteiger partial charge in [-0.25, -0.2) is 4.39 Å². The smallest absolute Gasteiger partial charge is 0.166 e. The van der Waals surface area contributed by atoms with Crippen molar-refractivity contribution in [1.29, 1.82) is 0 Å². The van der Waals surface area contributed by atoms with Crippen LogP contribution in [0.4, 0.5) is 4.39 Å². The third kappa shape index (κ3) is 2.35. The van der Waals surface area contributed by atoms with Gasteiger partial charge in [0.2, 0.25) is 0 Å². The molecule has 0 heterocycles. The van der Waals surface area contributed by atoms with Crippen molar-refractivity contribution < 1.29 is 9.50 Å². The molecular weight excluding hydrogens is 207 g/mol. The van der Waals surface area contributed by atoms with Crippen molar-refractivity contribution in [3.05, 3.63) is 28.5 Å². The number of aromatic hydroxyl groups is 1. The fourth-order valence-corrected chi connectivity index (χ4v) is 1.42. The van der Waals surface area contributed by atoms with Crippen LogP contribution < -0.4 is 11.5 Å². The predicted molar refractivity (Wildman–Crippen MR) is 53.7 cm³/mol. The van der Waals surface area contributed by atoms with Crippen molar-refractivity contribution in [2.45, 2.75) is 12.5 Å². The first-order valence-electron chi connectivity index (χ1n) is 4.19. The summed E-state index contributed by atoms with van der Waals surface area (Å²) in [5, 5.41) is 9.58. The van der Waals surface area contributed by atoms with Gasteiger partial charge >= 0.3 is 0 Å². The Morgan fingerprint density at radius 3 is 2.71 bits per heavy atom. The van der Waals surface area contributed by atoms with Crippen molar-refractivity contribution in [2.24, 2.45) is 11.5 Å². The highest BCUT2D eigenvalue weighted by atomic mass is 35.5. The molecule has 0 bridgehead atoms. The summed E-state index contributed by atoms with van der Waals surface area (Å²) in [7, 11) is 0. The van der Waals surface area contributed by atoms with Gasteiger partial charge in [0, 0.05) is 16.6 Å². The Bertz CT molecular complexity index is 333. The SMILES string of the molecule is NCC[C@H](N)c1cc(Cl)cc(F)c1O. The predicted octanol–water partition coefficient (Wildman–Crippen LogP) is 1.53. The van der Waals surface area contributed by atoms with E-state index in [9.17, 15) is 9.50 Å². The van der Waals surface area contributed by atoms with Gasteiger partial charge in [0.25, 0.3) is 0 Å². The molecule has 0 aliphatic heterocycles. The van der Waals surface area contributed by atoms with Crippen molar-refractivity contribution in [3.63, 3.8) is 0 Å². The summed E-state index contributed by atoms with van der Waals surface area (Å²) >= 11 is 5.63. The van der Waals surface area contributed by atoms with E-state index < -0.39 is 17.6 Å². The summed E-state index contributed by atoms with van der Waals surface area (Å²) in [6.45, 7) is 0.370. The molecule has 5 N–H and O–H groups in total. The van der Waals surface area contributed by atoms with Gasteiger partial charge in [0.05, 0.1) is 0 Å². The topological polar surface area (TPSA) is 72.3 Å². The average molecular weight is 219 g/mol. The van der Waals surface area contributed by atoms with Crippen LogP contribution in [0.1, 0.15) is 18.0 Å². The summed E-state index contributed by atoms with van der Waals surface area (Å²) in [6, 6.07) is 1.99. The molecule has 3 nitrogen and oxygen atoms in total. The average Bonchev–Trinajstić information content (AvgIpc) is 2.11. The van der Waals surface area contributed by atoms with Crippen molar-refractivity contribution in [3.8, 4) is 5.75 Å². The third-order valence-corrected chi connectivity index (χ3v) is 2.15. The van der Waals surface area contributed by atoms with Crippen LogP contribution in [0, 0.1) is 5.82 Å². The Kier molecular flexibility index (Phi) is 3.69. The monoisotopic (exact) mass is 218 g/mol.